The lowest BCUT2D eigenvalue weighted by Gasteiger charge is -2.22. The van der Waals surface area contributed by atoms with Crippen LogP contribution in [0.2, 0.25) is 0 Å². The number of ether oxygens (including phenoxy) is 1. The number of esters is 1. The Hall–Kier alpha value is -2.04. The van der Waals surface area contributed by atoms with Crippen LogP contribution in [0.25, 0.3) is 0 Å². The van der Waals surface area contributed by atoms with Crippen LogP contribution in [0.1, 0.15) is 12.0 Å². The molecule has 0 aliphatic carbocycles. The number of nitrogens with two attached hydrogens (primary N) is 1. The van der Waals surface area contributed by atoms with Gasteiger partial charge in [0.2, 0.25) is 0 Å². The van der Waals surface area contributed by atoms with Crippen LogP contribution in [-0.4, -0.2) is 17.0 Å². The summed E-state index contributed by atoms with van der Waals surface area (Å²) < 4.78 is 5.04. The van der Waals surface area contributed by atoms with E-state index in [1.54, 1.807) is 18.2 Å². The van der Waals surface area contributed by atoms with E-state index in [0.717, 1.165) is 5.56 Å². The monoisotopic (exact) mass is 221 g/mol. The zero-order valence-electron chi connectivity index (χ0n) is 8.47. The average molecular weight is 221 g/mol. The molecule has 0 saturated carbocycles. The van der Waals surface area contributed by atoms with Gasteiger partial charge in [-0.25, -0.2) is 0 Å². The minimum atomic E-state index is -0.999. The molecule has 1 unspecified atom stereocenters. The molecule has 1 aliphatic rings. The largest absolute Gasteiger partial charge is 0.481 e. The third-order valence-corrected chi connectivity index (χ3v) is 2.52. The maximum absolute atomic E-state index is 11.5. The summed E-state index contributed by atoms with van der Waals surface area (Å²) in [6.07, 6.45) is 0.184. The molecule has 0 spiro atoms. The molecule has 1 aromatic carbocycles. The number of carboxylic acids is 1. The quantitative estimate of drug-likeness (QED) is 0.438. The van der Waals surface area contributed by atoms with Crippen LogP contribution in [0.4, 0.5) is 5.69 Å². The van der Waals surface area contributed by atoms with E-state index in [1.807, 2.05) is 0 Å². The van der Waals surface area contributed by atoms with Crippen molar-refractivity contribution in [1.82, 2.24) is 0 Å². The van der Waals surface area contributed by atoms with E-state index in [9.17, 15) is 9.59 Å². The molecule has 5 nitrogen and oxygen atoms in total. The van der Waals surface area contributed by atoms with Gasteiger partial charge in [0.05, 0.1) is 12.3 Å². The first-order valence-corrected chi connectivity index (χ1v) is 4.88. The van der Waals surface area contributed by atoms with Crippen LogP contribution in [0.15, 0.2) is 18.2 Å². The summed E-state index contributed by atoms with van der Waals surface area (Å²) in [7, 11) is 0. The smallest absolute Gasteiger partial charge is 0.315 e. The van der Waals surface area contributed by atoms with Gasteiger partial charge in [0.25, 0.3) is 0 Å². The number of aliphatic carboxylic acids is 1. The van der Waals surface area contributed by atoms with E-state index < -0.39 is 17.9 Å². The number of hydrogen-bond acceptors (Lipinski definition) is 4. The van der Waals surface area contributed by atoms with Crippen LogP contribution >= 0.6 is 0 Å². The van der Waals surface area contributed by atoms with E-state index in [4.69, 9.17) is 15.6 Å². The number of carbonyl (C=O) groups is 2. The molecule has 0 radical (unpaired) electrons. The van der Waals surface area contributed by atoms with Crippen molar-refractivity contribution in [2.24, 2.45) is 5.92 Å². The maximum Gasteiger partial charge on any atom is 0.315 e. The Morgan fingerprint density at radius 2 is 2.31 bits per heavy atom. The van der Waals surface area contributed by atoms with Crippen molar-refractivity contribution >= 4 is 17.6 Å². The van der Waals surface area contributed by atoms with Crippen molar-refractivity contribution in [3.8, 4) is 5.75 Å². The van der Waals surface area contributed by atoms with Crippen molar-refractivity contribution in [2.45, 2.75) is 12.8 Å². The Bertz CT molecular complexity index is 455. The van der Waals surface area contributed by atoms with Crippen LogP contribution in [0.3, 0.4) is 0 Å². The highest BCUT2D eigenvalue weighted by Gasteiger charge is 2.30. The highest BCUT2D eigenvalue weighted by atomic mass is 16.5. The first kappa shape index (κ1) is 10.5. The minimum Gasteiger partial charge on any atom is -0.481 e. The second-order valence-electron chi connectivity index (χ2n) is 3.79. The Kier molecular flexibility index (Phi) is 2.52. The first-order chi connectivity index (χ1) is 7.56. The molecular weight excluding hydrogens is 210 g/mol. The van der Waals surface area contributed by atoms with Crippen LogP contribution in [0, 0.1) is 5.92 Å². The Labute approximate surface area is 91.8 Å². The molecule has 1 aliphatic heterocycles. The summed E-state index contributed by atoms with van der Waals surface area (Å²) >= 11 is 0. The Balaban J connectivity index is 2.25. The molecule has 84 valence electrons. The Morgan fingerprint density at radius 1 is 1.56 bits per heavy atom. The third-order valence-electron chi connectivity index (χ3n) is 2.52. The van der Waals surface area contributed by atoms with Crippen molar-refractivity contribution in [1.29, 1.82) is 0 Å². The number of nitrogen functional groups attached to an aromatic ring is 1. The lowest BCUT2D eigenvalue weighted by atomic mass is 9.93. The summed E-state index contributed by atoms with van der Waals surface area (Å²) in [5.41, 5.74) is 6.89. The zero-order valence-corrected chi connectivity index (χ0v) is 8.47. The topological polar surface area (TPSA) is 89.6 Å². The van der Waals surface area contributed by atoms with Gasteiger partial charge < -0.3 is 15.6 Å². The number of rotatable bonds is 2. The molecule has 1 atom stereocenters. The van der Waals surface area contributed by atoms with Crippen LogP contribution < -0.4 is 10.5 Å². The molecule has 2 rings (SSSR count). The summed E-state index contributed by atoms with van der Waals surface area (Å²) in [6.45, 7) is 0. The third kappa shape index (κ3) is 1.98. The number of anilines is 1. The van der Waals surface area contributed by atoms with E-state index in [1.165, 1.54) is 0 Å². The fourth-order valence-electron chi connectivity index (χ4n) is 1.74. The molecule has 0 saturated heterocycles. The van der Waals surface area contributed by atoms with E-state index in [0.29, 0.717) is 17.9 Å². The first-order valence-electron chi connectivity index (χ1n) is 4.88. The number of carboxylic acid groups (broad SMARTS) is 1. The summed E-state index contributed by atoms with van der Waals surface area (Å²) in [5, 5.41) is 8.65. The molecule has 16 heavy (non-hydrogen) atoms. The molecular formula is C11H11NO4. The predicted molar refractivity (Wildman–Crippen MR) is 55.9 cm³/mol. The van der Waals surface area contributed by atoms with Gasteiger partial charge >= 0.3 is 11.9 Å². The molecule has 0 bridgehead atoms. The lowest BCUT2D eigenvalue weighted by molar-refractivity contribution is -0.147. The van der Waals surface area contributed by atoms with Crippen molar-refractivity contribution in [3.63, 3.8) is 0 Å². The molecule has 0 amide bonds. The second-order valence-corrected chi connectivity index (χ2v) is 3.79. The molecule has 0 fully saturated rings. The van der Waals surface area contributed by atoms with Gasteiger partial charge in [-0.05, 0) is 18.1 Å². The summed E-state index contributed by atoms with van der Waals surface area (Å²) in [6, 6.07) is 5.03. The average Bonchev–Trinajstić information content (AvgIpc) is 2.19. The number of benzene rings is 1. The highest BCUT2D eigenvalue weighted by Crippen LogP contribution is 2.31. The van der Waals surface area contributed by atoms with Crippen molar-refractivity contribution in [2.75, 3.05) is 5.73 Å². The van der Waals surface area contributed by atoms with E-state index in [2.05, 4.69) is 0 Å². The fourth-order valence-corrected chi connectivity index (χ4v) is 1.74. The van der Waals surface area contributed by atoms with Gasteiger partial charge in [-0.15, -0.1) is 0 Å². The van der Waals surface area contributed by atoms with Crippen LogP contribution in [0.5, 0.6) is 5.75 Å². The summed E-state index contributed by atoms with van der Waals surface area (Å²) in [5.74, 6) is -1.67. The van der Waals surface area contributed by atoms with Gasteiger partial charge in [0.1, 0.15) is 5.75 Å². The number of carbonyl (C=O) groups excluding carboxylic acids is 1. The molecule has 1 heterocycles. The SMILES string of the molecule is Nc1ccc2c(c1)OC(=O)C(CC(=O)O)C2. The van der Waals surface area contributed by atoms with Gasteiger partial charge in [-0.3, -0.25) is 9.59 Å². The Morgan fingerprint density at radius 3 is 3.00 bits per heavy atom. The van der Waals surface area contributed by atoms with Gasteiger partial charge in [0.15, 0.2) is 0 Å². The molecule has 1 aromatic rings. The molecule has 3 N–H and O–H groups in total. The molecule has 5 heteroatoms. The maximum atomic E-state index is 11.5. The van der Waals surface area contributed by atoms with Crippen molar-refractivity contribution < 1.29 is 19.4 Å². The van der Waals surface area contributed by atoms with E-state index in [-0.39, 0.29) is 6.42 Å². The van der Waals surface area contributed by atoms with Gasteiger partial charge in [-0.1, -0.05) is 6.07 Å². The van der Waals surface area contributed by atoms with Crippen molar-refractivity contribution in [3.05, 3.63) is 23.8 Å². The van der Waals surface area contributed by atoms with Gasteiger partial charge in [-0.2, -0.15) is 0 Å². The zero-order chi connectivity index (χ0) is 11.7. The lowest BCUT2D eigenvalue weighted by Crippen LogP contribution is -2.29. The standard InChI is InChI=1S/C11H11NO4/c12-8-2-1-6-3-7(4-10(13)14)11(15)16-9(6)5-8/h1-2,5,7H,3-4,12H2,(H,13,14). The van der Waals surface area contributed by atoms with Crippen LogP contribution in [-0.2, 0) is 16.0 Å². The van der Waals surface area contributed by atoms with Gasteiger partial charge in [0, 0.05) is 11.8 Å². The number of hydrogen-bond donors (Lipinski definition) is 2. The minimum absolute atomic E-state index is 0.206. The summed E-state index contributed by atoms with van der Waals surface area (Å²) in [4.78, 5) is 22.0. The molecule has 0 aromatic heterocycles. The number of fused-ring (bicyclic) bond motifs is 1. The fraction of sp³-hybridized carbons (Fsp3) is 0.273. The predicted octanol–water partition coefficient (Wildman–Crippen LogP) is 0.821. The normalized spacial score (nSPS) is 18.8. The highest BCUT2D eigenvalue weighted by molar-refractivity contribution is 5.83. The second kappa shape index (κ2) is 3.84. The van der Waals surface area contributed by atoms with E-state index >= 15 is 0 Å².